The van der Waals surface area contributed by atoms with Gasteiger partial charge in [-0.15, -0.1) is 4.31 Å². The summed E-state index contributed by atoms with van der Waals surface area (Å²) in [5.74, 6) is -0.458. The molecule has 0 radical (unpaired) electrons. The fourth-order valence-corrected chi connectivity index (χ4v) is 5.40. The number of aromatic nitrogens is 1. The Labute approximate surface area is 222 Å². The highest BCUT2D eigenvalue weighted by molar-refractivity contribution is 7.87. The average molecular weight is 584 g/mol. The van der Waals surface area contributed by atoms with Crippen LogP contribution in [0.25, 0.3) is 0 Å². The third kappa shape index (κ3) is 7.24. The number of hydrogen-bond acceptors (Lipinski definition) is 7. The molecule has 11 nitrogen and oxygen atoms in total. The van der Waals surface area contributed by atoms with Crippen LogP contribution in [-0.4, -0.2) is 91.1 Å². The highest BCUT2D eigenvalue weighted by Gasteiger charge is 2.48. The summed E-state index contributed by atoms with van der Waals surface area (Å²) < 4.78 is 78.0. The van der Waals surface area contributed by atoms with Gasteiger partial charge in [0.05, 0.1) is 32.3 Å². The summed E-state index contributed by atoms with van der Waals surface area (Å²) in [4.78, 5) is 21.5. The highest BCUT2D eigenvalue weighted by Crippen LogP contribution is 2.34. The molecular weight excluding hydrogens is 557 g/mol. The monoisotopic (exact) mass is 583 g/mol. The van der Waals surface area contributed by atoms with Crippen molar-refractivity contribution < 1.29 is 50.4 Å². The van der Waals surface area contributed by atoms with Crippen LogP contribution in [0.1, 0.15) is 11.1 Å². The Morgan fingerprint density at radius 1 is 1.29 bits per heavy atom. The number of rotatable bonds is 10. The molecule has 0 saturated carbocycles. The van der Waals surface area contributed by atoms with E-state index in [1.807, 2.05) is 0 Å². The number of alkyl halides is 3. The zero-order valence-corrected chi connectivity index (χ0v) is 22.0. The molecule has 0 spiro atoms. The standard InChI is InChI=1S/C22H26ClF3N4O7S/c1-30(36-11-10-35-2)9-8-28(38(33,34)29(21(31)32)14-16-6-4-3-5-7-16)19(15-30)37-20-18(23)12-17(13-27-20)22(24,25)26/h3-7,12-13,19H,8-11,14-15H2,1-2H3/p+1. The molecule has 38 heavy (non-hydrogen) atoms. The molecule has 2 atom stereocenters. The van der Waals surface area contributed by atoms with Crippen molar-refractivity contribution in [2.75, 3.05) is 47.0 Å². The lowest BCUT2D eigenvalue weighted by atomic mass is 10.2. The van der Waals surface area contributed by atoms with Gasteiger partial charge in [0.1, 0.15) is 18.2 Å². The van der Waals surface area contributed by atoms with Gasteiger partial charge in [-0.05, 0) is 11.6 Å². The van der Waals surface area contributed by atoms with Crippen LogP contribution >= 0.6 is 11.6 Å². The van der Waals surface area contributed by atoms with Gasteiger partial charge in [0, 0.05) is 13.3 Å². The first kappa shape index (κ1) is 29.9. The third-order valence-electron chi connectivity index (χ3n) is 5.69. The Balaban J connectivity index is 1.95. The number of likely N-dealkylation sites (N-methyl/N-ethyl adjacent to an activating group) is 1. The van der Waals surface area contributed by atoms with Gasteiger partial charge in [-0.2, -0.15) is 30.5 Å². The van der Waals surface area contributed by atoms with Crippen molar-refractivity contribution in [3.8, 4) is 5.88 Å². The van der Waals surface area contributed by atoms with E-state index in [2.05, 4.69) is 4.98 Å². The normalized spacial score (nSPS) is 20.7. The van der Waals surface area contributed by atoms with Crippen molar-refractivity contribution in [1.82, 2.24) is 13.6 Å². The van der Waals surface area contributed by atoms with E-state index >= 15 is 0 Å². The first-order chi connectivity index (χ1) is 17.8. The summed E-state index contributed by atoms with van der Waals surface area (Å²) >= 11 is 6.00. The van der Waals surface area contributed by atoms with Crippen LogP contribution in [0.3, 0.4) is 0 Å². The van der Waals surface area contributed by atoms with Crippen molar-refractivity contribution in [2.45, 2.75) is 18.9 Å². The molecule has 16 heteroatoms. The number of nitrogens with zero attached hydrogens (tertiary/aromatic N) is 4. The van der Waals surface area contributed by atoms with Crippen molar-refractivity contribution >= 4 is 27.9 Å². The first-order valence-corrected chi connectivity index (χ1v) is 13.0. The molecule has 0 bridgehead atoms. The molecule has 1 saturated heterocycles. The SMILES string of the molecule is COCCO[N+]1(C)CCN(S(=O)(=O)N(Cc2ccccc2)C(=O)O)C(Oc2ncc(C(F)(F)F)cc2Cl)C1. The Bertz CT molecular complexity index is 1220. The summed E-state index contributed by atoms with van der Waals surface area (Å²) in [5, 5.41) is 9.27. The van der Waals surface area contributed by atoms with E-state index in [4.69, 9.17) is 25.9 Å². The molecule has 3 rings (SSSR count). The van der Waals surface area contributed by atoms with Gasteiger partial charge in [0.25, 0.3) is 0 Å². The van der Waals surface area contributed by atoms with Gasteiger partial charge in [-0.25, -0.2) is 14.6 Å². The maximum absolute atomic E-state index is 13.6. The number of piperazine rings is 1. The van der Waals surface area contributed by atoms with Crippen LogP contribution in [0.2, 0.25) is 5.02 Å². The summed E-state index contributed by atoms with van der Waals surface area (Å²) in [5.41, 5.74) is -0.699. The summed E-state index contributed by atoms with van der Waals surface area (Å²) in [6.07, 6.45) is -7.36. The third-order valence-corrected chi connectivity index (χ3v) is 7.81. The van der Waals surface area contributed by atoms with E-state index in [1.54, 1.807) is 37.4 Å². The molecule has 1 fully saturated rings. The van der Waals surface area contributed by atoms with Gasteiger partial charge in [-0.1, -0.05) is 41.9 Å². The van der Waals surface area contributed by atoms with Crippen molar-refractivity contribution in [2.24, 2.45) is 0 Å². The number of pyridine rings is 1. The number of hydroxylamine groups is 3. The zero-order valence-electron chi connectivity index (χ0n) is 20.5. The molecule has 2 unspecified atom stereocenters. The summed E-state index contributed by atoms with van der Waals surface area (Å²) in [7, 11) is -1.58. The van der Waals surface area contributed by atoms with Crippen molar-refractivity contribution in [3.63, 3.8) is 0 Å². The van der Waals surface area contributed by atoms with E-state index < -0.39 is 51.7 Å². The van der Waals surface area contributed by atoms with E-state index in [9.17, 15) is 31.5 Å². The van der Waals surface area contributed by atoms with Gasteiger partial charge in [-0.3, -0.25) is 0 Å². The van der Waals surface area contributed by atoms with Gasteiger partial charge in [0.15, 0.2) is 6.54 Å². The minimum atomic E-state index is -4.71. The predicted octanol–water partition coefficient (Wildman–Crippen LogP) is 3.22. The Hall–Kier alpha value is -2.69. The van der Waals surface area contributed by atoms with Crippen molar-refractivity contribution in [1.29, 1.82) is 0 Å². The Morgan fingerprint density at radius 2 is 1.97 bits per heavy atom. The van der Waals surface area contributed by atoms with Crippen LogP contribution in [0, 0.1) is 0 Å². The number of methoxy groups -OCH3 is 1. The average Bonchev–Trinajstić information content (AvgIpc) is 2.83. The van der Waals surface area contributed by atoms with E-state index in [0.717, 1.165) is 4.31 Å². The van der Waals surface area contributed by atoms with Crippen LogP contribution in [0.15, 0.2) is 42.6 Å². The molecule has 2 heterocycles. The lowest BCUT2D eigenvalue weighted by molar-refractivity contribution is -1.10. The number of halogens is 4. The largest absolute Gasteiger partial charge is 0.464 e. The van der Waals surface area contributed by atoms with Gasteiger partial charge >= 0.3 is 22.5 Å². The molecule has 2 aromatic rings. The summed E-state index contributed by atoms with van der Waals surface area (Å²) in [6, 6.07) is 8.70. The molecule has 1 N–H and O–H groups in total. The second-order valence-electron chi connectivity index (χ2n) is 8.50. The van der Waals surface area contributed by atoms with Crippen molar-refractivity contribution in [3.05, 3.63) is 58.7 Å². The number of quaternary nitrogens is 1. The Kier molecular flexibility index (Phi) is 9.43. The minimum absolute atomic E-state index is 0.107. The van der Waals surface area contributed by atoms with Crippen LogP contribution in [-0.2, 0) is 32.5 Å². The molecule has 1 aliphatic heterocycles. The molecular formula is C22H27ClF3N4O7S+. The number of carbonyl (C=O) groups is 1. The number of amides is 1. The maximum atomic E-state index is 13.6. The van der Waals surface area contributed by atoms with Crippen LogP contribution < -0.4 is 4.74 Å². The van der Waals surface area contributed by atoms with Crippen LogP contribution in [0.4, 0.5) is 18.0 Å². The van der Waals surface area contributed by atoms with Gasteiger partial charge in [0.2, 0.25) is 12.1 Å². The fraction of sp³-hybridized carbons (Fsp3) is 0.455. The molecule has 1 aromatic carbocycles. The van der Waals surface area contributed by atoms with E-state index in [0.29, 0.717) is 17.8 Å². The number of hydrogen-bond donors (Lipinski definition) is 1. The Morgan fingerprint density at radius 3 is 2.55 bits per heavy atom. The number of benzene rings is 1. The smallest absolute Gasteiger partial charge is 0.422 e. The molecule has 1 amide bonds. The highest BCUT2D eigenvalue weighted by atomic mass is 35.5. The van der Waals surface area contributed by atoms with Crippen LogP contribution in [0.5, 0.6) is 5.88 Å². The predicted molar refractivity (Wildman–Crippen MR) is 128 cm³/mol. The second-order valence-corrected chi connectivity index (χ2v) is 10.7. The molecule has 210 valence electrons. The minimum Gasteiger partial charge on any atom is -0.464 e. The molecule has 1 aliphatic rings. The number of ether oxygens (including phenoxy) is 2. The first-order valence-electron chi connectivity index (χ1n) is 11.2. The molecule has 1 aromatic heterocycles. The maximum Gasteiger partial charge on any atom is 0.422 e. The second kappa shape index (κ2) is 12.0. The van der Waals surface area contributed by atoms with Gasteiger partial charge < -0.3 is 14.6 Å². The zero-order chi connectivity index (χ0) is 28.1. The lowest BCUT2D eigenvalue weighted by Gasteiger charge is -2.43. The number of carboxylic acid groups (broad SMARTS) is 1. The fourth-order valence-electron chi connectivity index (χ4n) is 3.70. The summed E-state index contributed by atoms with van der Waals surface area (Å²) in [6.45, 7) is -0.375. The molecule has 0 aliphatic carbocycles. The van der Waals surface area contributed by atoms with E-state index in [-0.39, 0.29) is 41.8 Å². The topological polar surface area (TPSA) is 119 Å². The lowest BCUT2D eigenvalue weighted by Crippen LogP contribution is -2.66. The quantitative estimate of drug-likeness (QED) is 0.335. The van der Waals surface area contributed by atoms with E-state index in [1.165, 1.54) is 7.11 Å².